The number of thiophene rings is 1. The van der Waals surface area contributed by atoms with Gasteiger partial charge in [-0.3, -0.25) is 9.20 Å². The first-order valence-corrected chi connectivity index (χ1v) is 9.41. The topological polar surface area (TPSA) is 53.5 Å². The first-order chi connectivity index (χ1) is 9.86. The molecule has 1 heterocycles. The van der Waals surface area contributed by atoms with Gasteiger partial charge >= 0.3 is 0 Å². The highest BCUT2D eigenvalue weighted by molar-refractivity contribution is 7.86. The minimum Gasteiger partial charge on any atom is -0.355 e. The van der Waals surface area contributed by atoms with Gasteiger partial charge in [-0.1, -0.05) is 6.92 Å². The Morgan fingerprint density at radius 2 is 1.95 bits per heavy atom. The van der Waals surface area contributed by atoms with Crippen LogP contribution in [0.15, 0.2) is 17.1 Å². The van der Waals surface area contributed by atoms with Gasteiger partial charge in [-0.05, 0) is 39.3 Å². The van der Waals surface area contributed by atoms with Crippen LogP contribution in [0, 0.1) is 0 Å². The number of aryl methyl sites for hydroxylation is 1. The van der Waals surface area contributed by atoms with Gasteiger partial charge in [0.25, 0.3) is 0 Å². The van der Waals surface area contributed by atoms with Gasteiger partial charge in [-0.15, -0.1) is 11.3 Å². The Morgan fingerprint density at radius 3 is 2.48 bits per heavy atom. The van der Waals surface area contributed by atoms with Crippen LogP contribution in [-0.4, -0.2) is 34.3 Å². The van der Waals surface area contributed by atoms with Gasteiger partial charge in [0.05, 0.1) is 6.54 Å². The van der Waals surface area contributed by atoms with Gasteiger partial charge in [0.2, 0.25) is 0 Å². The molecule has 2 N–H and O–H groups in total. The predicted molar refractivity (Wildman–Crippen MR) is 94.7 cm³/mol. The molecule has 0 bridgehead atoms. The number of rotatable bonds is 6. The van der Waals surface area contributed by atoms with Crippen LogP contribution in [0.25, 0.3) is 0 Å². The molecule has 6 heteroatoms. The van der Waals surface area contributed by atoms with Crippen LogP contribution in [0.1, 0.15) is 37.4 Å². The number of hydrogen-bond acceptors (Lipinski definition) is 3. The Labute approximate surface area is 134 Å². The van der Waals surface area contributed by atoms with Crippen LogP contribution >= 0.6 is 11.3 Å². The third-order valence-electron chi connectivity index (χ3n) is 2.98. The molecule has 0 aliphatic rings. The predicted octanol–water partition coefficient (Wildman–Crippen LogP) is 2.52. The summed E-state index contributed by atoms with van der Waals surface area (Å²) in [5, 5.41) is 6.50. The highest BCUT2D eigenvalue weighted by Crippen LogP contribution is 2.16. The van der Waals surface area contributed by atoms with Crippen LogP contribution in [0.3, 0.4) is 0 Å². The van der Waals surface area contributed by atoms with Crippen molar-refractivity contribution in [3.05, 3.63) is 21.9 Å². The quantitative estimate of drug-likeness (QED) is 0.623. The van der Waals surface area contributed by atoms with E-state index in [1.165, 1.54) is 9.75 Å². The van der Waals surface area contributed by atoms with Crippen LogP contribution in [0.5, 0.6) is 0 Å². The van der Waals surface area contributed by atoms with E-state index in [2.05, 4.69) is 34.7 Å². The number of hydrogen-bond donors (Lipinski definition) is 2. The van der Waals surface area contributed by atoms with Crippen molar-refractivity contribution in [2.24, 2.45) is 4.99 Å². The summed E-state index contributed by atoms with van der Waals surface area (Å²) in [6, 6.07) is 4.32. The Balaban J connectivity index is 2.34. The summed E-state index contributed by atoms with van der Waals surface area (Å²) < 4.78 is 11.8. The summed E-state index contributed by atoms with van der Waals surface area (Å²) in [7, 11) is 0.915. The van der Waals surface area contributed by atoms with Crippen LogP contribution < -0.4 is 10.6 Å². The minimum atomic E-state index is -0.837. The fourth-order valence-electron chi connectivity index (χ4n) is 1.67. The number of nitrogens with one attached hydrogen (secondary N) is 2. The molecule has 120 valence electrons. The molecule has 1 aromatic rings. The smallest absolute Gasteiger partial charge is 0.191 e. The number of nitrogens with zero attached hydrogens (tertiary/aromatic N) is 1. The lowest BCUT2D eigenvalue weighted by Gasteiger charge is -2.18. The molecular formula is C15H27N3OS2. The van der Waals surface area contributed by atoms with Crippen molar-refractivity contribution in [2.45, 2.75) is 45.4 Å². The highest BCUT2D eigenvalue weighted by Gasteiger charge is 2.18. The molecule has 0 aliphatic carbocycles. The van der Waals surface area contributed by atoms with E-state index in [0.717, 1.165) is 18.9 Å². The van der Waals surface area contributed by atoms with E-state index in [1.54, 1.807) is 7.05 Å². The number of guanidine groups is 1. The molecule has 0 fully saturated rings. The maximum Gasteiger partial charge on any atom is 0.191 e. The lowest BCUT2D eigenvalue weighted by atomic mass is 10.3. The van der Waals surface area contributed by atoms with Crippen molar-refractivity contribution in [2.75, 3.05) is 19.3 Å². The SMILES string of the molecule is CCc1ccc(CNC(=NC)NCCS(=O)C(C)(C)C)s1. The largest absolute Gasteiger partial charge is 0.355 e. The molecule has 0 spiro atoms. The second kappa shape index (κ2) is 8.54. The van der Waals surface area contributed by atoms with Gasteiger partial charge in [0.15, 0.2) is 5.96 Å². The zero-order chi connectivity index (χ0) is 15.9. The van der Waals surface area contributed by atoms with Crippen molar-refractivity contribution in [3.63, 3.8) is 0 Å². The molecule has 21 heavy (non-hydrogen) atoms. The third-order valence-corrected chi connectivity index (χ3v) is 6.15. The van der Waals surface area contributed by atoms with Gasteiger partial charge < -0.3 is 10.6 Å². The molecule has 0 aliphatic heterocycles. The molecule has 0 amide bonds. The number of aliphatic imine (C=N–C) groups is 1. The zero-order valence-corrected chi connectivity index (χ0v) is 15.3. The van der Waals surface area contributed by atoms with Gasteiger partial charge in [-0.25, -0.2) is 0 Å². The third kappa shape index (κ3) is 6.61. The standard InChI is InChI=1S/C15H27N3OS2/c1-6-12-7-8-13(20-12)11-18-14(16-5)17-9-10-21(19)15(2,3)4/h7-8H,6,9-11H2,1-5H3,(H2,16,17,18). The average molecular weight is 330 g/mol. The van der Waals surface area contributed by atoms with E-state index in [4.69, 9.17) is 0 Å². The van der Waals surface area contributed by atoms with E-state index in [0.29, 0.717) is 12.3 Å². The molecule has 1 unspecified atom stereocenters. The second-order valence-corrected chi connectivity index (χ2v) is 9.31. The lowest BCUT2D eigenvalue weighted by molar-refractivity contribution is 0.647. The second-order valence-electron chi connectivity index (χ2n) is 5.74. The Bertz CT molecular complexity index is 489. The van der Waals surface area contributed by atoms with Crippen LogP contribution in [0.2, 0.25) is 0 Å². The first kappa shape index (κ1) is 18.2. The summed E-state index contributed by atoms with van der Waals surface area (Å²) >= 11 is 1.82. The molecule has 1 atom stereocenters. The van der Waals surface area contributed by atoms with E-state index in [-0.39, 0.29) is 4.75 Å². The Morgan fingerprint density at radius 1 is 1.29 bits per heavy atom. The van der Waals surface area contributed by atoms with Crippen molar-refractivity contribution in [1.29, 1.82) is 0 Å². The van der Waals surface area contributed by atoms with Crippen molar-refractivity contribution in [1.82, 2.24) is 10.6 Å². The summed E-state index contributed by atoms with van der Waals surface area (Å²) in [5.74, 6) is 1.38. The maximum atomic E-state index is 12.0. The van der Waals surface area contributed by atoms with E-state index in [9.17, 15) is 4.21 Å². The Kier molecular flexibility index (Phi) is 7.39. The van der Waals surface area contributed by atoms with Gasteiger partial charge in [0, 0.05) is 44.6 Å². The summed E-state index contributed by atoms with van der Waals surface area (Å²) in [4.78, 5) is 6.89. The van der Waals surface area contributed by atoms with Gasteiger partial charge in [-0.2, -0.15) is 0 Å². The molecule has 4 nitrogen and oxygen atoms in total. The van der Waals surface area contributed by atoms with E-state index in [1.807, 2.05) is 32.1 Å². The van der Waals surface area contributed by atoms with E-state index >= 15 is 0 Å². The normalized spacial score (nSPS) is 14.0. The monoisotopic (exact) mass is 329 g/mol. The van der Waals surface area contributed by atoms with E-state index < -0.39 is 10.8 Å². The molecule has 0 saturated carbocycles. The van der Waals surface area contributed by atoms with Gasteiger partial charge in [0.1, 0.15) is 0 Å². The summed E-state index contributed by atoms with van der Waals surface area (Å²) in [6.07, 6.45) is 1.08. The highest BCUT2D eigenvalue weighted by atomic mass is 32.2. The summed E-state index contributed by atoms with van der Waals surface area (Å²) in [5.41, 5.74) is 0. The molecular weight excluding hydrogens is 302 g/mol. The maximum absolute atomic E-state index is 12.0. The van der Waals surface area contributed by atoms with Crippen molar-refractivity contribution >= 4 is 28.1 Å². The van der Waals surface area contributed by atoms with Crippen molar-refractivity contribution in [3.8, 4) is 0 Å². The van der Waals surface area contributed by atoms with Crippen LogP contribution in [-0.2, 0) is 23.8 Å². The summed E-state index contributed by atoms with van der Waals surface area (Å²) in [6.45, 7) is 9.59. The molecule has 0 radical (unpaired) electrons. The molecule has 1 aromatic heterocycles. The fourth-order valence-corrected chi connectivity index (χ4v) is 3.46. The van der Waals surface area contributed by atoms with Crippen LogP contribution in [0.4, 0.5) is 0 Å². The Hall–Kier alpha value is -0.880. The van der Waals surface area contributed by atoms with Crippen molar-refractivity contribution < 1.29 is 4.21 Å². The minimum absolute atomic E-state index is 0.161. The first-order valence-electron chi connectivity index (χ1n) is 7.27. The lowest BCUT2D eigenvalue weighted by Crippen LogP contribution is -2.39. The zero-order valence-electron chi connectivity index (χ0n) is 13.7. The average Bonchev–Trinajstić information content (AvgIpc) is 2.89. The molecule has 0 aromatic carbocycles. The molecule has 1 rings (SSSR count). The fraction of sp³-hybridized carbons (Fsp3) is 0.667. The molecule has 0 saturated heterocycles.